The van der Waals surface area contributed by atoms with Gasteiger partial charge in [-0.1, -0.05) is 71.9 Å². The van der Waals surface area contributed by atoms with Gasteiger partial charge in [-0.15, -0.1) is 0 Å². The van der Waals surface area contributed by atoms with Crippen LogP contribution in [0, 0.1) is 17.8 Å². The molecule has 0 aliphatic carbocycles. The maximum atomic E-state index is 14.0. The number of nitrogens with zero attached hydrogens (tertiary/aromatic N) is 3. The van der Waals surface area contributed by atoms with Crippen molar-refractivity contribution in [3.63, 3.8) is 0 Å². The summed E-state index contributed by atoms with van der Waals surface area (Å²) in [5.41, 5.74) is 7.12. The number of nitrogens with two attached hydrogens (primary N) is 1. The van der Waals surface area contributed by atoms with Crippen LogP contribution in [0.5, 0.6) is 0 Å². The highest BCUT2D eigenvalue weighted by Crippen LogP contribution is 2.25. The lowest BCUT2D eigenvalue weighted by molar-refractivity contribution is -0.151. The minimum Gasteiger partial charge on any atom is -0.343 e. The molecule has 2 saturated heterocycles. The summed E-state index contributed by atoms with van der Waals surface area (Å²) in [6.45, 7) is 12.8. The Morgan fingerprint density at radius 3 is 2.05 bits per heavy atom. The Bertz CT molecular complexity index is 1170. The lowest BCUT2D eigenvalue weighted by Crippen LogP contribution is -2.61. The van der Waals surface area contributed by atoms with Crippen LogP contribution in [-0.2, 0) is 30.5 Å². The SMILES string of the molecule is CC(C)[C@H](N)C(=O)N[C@H](C(=O)N(C)[C@H](C(=O)N1CCC[C@H]1C(=O)NC(=O)[C@@H]1CCCN1Cc1ccccc1)C(C)C)C(C)C. The summed E-state index contributed by atoms with van der Waals surface area (Å²) in [4.78, 5) is 72.1. The number of carbonyl (C=O) groups excluding carboxylic acids is 5. The van der Waals surface area contributed by atoms with Crippen molar-refractivity contribution in [1.82, 2.24) is 25.3 Å². The van der Waals surface area contributed by atoms with Crippen LogP contribution < -0.4 is 16.4 Å². The van der Waals surface area contributed by atoms with Gasteiger partial charge in [0.25, 0.3) is 0 Å². The van der Waals surface area contributed by atoms with Crippen LogP contribution in [0.3, 0.4) is 0 Å². The minimum absolute atomic E-state index is 0.105. The highest BCUT2D eigenvalue weighted by atomic mass is 16.2. The fourth-order valence-corrected chi connectivity index (χ4v) is 6.21. The van der Waals surface area contributed by atoms with E-state index < -0.39 is 47.9 Å². The Balaban J connectivity index is 1.70. The lowest BCUT2D eigenvalue weighted by Gasteiger charge is -2.37. The fourth-order valence-electron chi connectivity index (χ4n) is 6.21. The molecule has 1 aromatic rings. The quantitative estimate of drug-likeness (QED) is 0.306. The zero-order chi connectivity index (χ0) is 32.7. The van der Waals surface area contributed by atoms with Crippen LogP contribution in [-0.4, -0.2) is 94.6 Å². The van der Waals surface area contributed by atoms with E-state index in [1.54, 1.807) is 7.05 Å². The Morgan fingerprint density at radius 2 is 1.45 bits per heavy atom. The first kappa shape index (κ1) is 35.2. The monoisotopic (exact) mass is 612 g/mol. The van der Waals surface area contributed by atoms with Crippen molar-refractivity contribution in [2.45, 2.75) is 104 Å². The highest BCUT2D eigenvalue weighted by Gasteiger charge is 2.43. The molecular formula is C33H52N6O5. The Morgan fingerprint density at radius 1 is 0.864 bits per heavy atom. The van der Waals surface area contributed by atoms with E-state index in [0.717, 1.165) is 18.5 Å². The Labute approximate surface area is 262 Å². The van der Waals surface area contributed by atoms with E-state index >= 15 is 0 Å². The largest absolute Gasteiger partial charge is 0.343 e. The number of nitrogens with one attached hydrogen (secondary N) is 2. The molecule has 244 valence electrons. The van der Waals surface area contributed by atoms with Gasteiger partial charge in [-0.25, -0.2) is 0 Å². The maximum absolute atomic E-state index is 14.0. The fraction of sp³-hybridized carbons (Fsp3) is 0.667. The van der Waals surface area contributed by atoms with E-state index in [-0.39, 0.29) is 29.6 Å². The second kappa shape index (κ2) is 15.6. The molecular weight excluding hydrogens is 560 g/mol. The van der Waals surface area contributed by atoms with Crippen LogP contribution in [0.25, 0.3) is 0 Å². The molecule has 2 aliphatic rings. The number of hydrogen-bond acceptors (Lipinski definition) is 7. The van der Waals surface area contributed by atoms with E-state index in [1.165, 1.54) is 9.80 Å². The summed E-state index contributed by atoms with van der Waals surface area (Å²) in [5.74, 6) is -2.61. The predicted octanol–water partition coefficient (Wildman–Crippen LogP) is 1.89. The molecule has 2 fully saturated rings. The van der Waals surface area contributed by atoms with Crippen molar-refractivity contribution in [3.8, 4) is 0 Å². The first-order valence-electron chi connectivity index (χ1n) is 16.0. The number of carbonyl (C=O) groups is 5. The van der Waals surface area contributed by atoms with Gasteiger partial charge in [-0.05, 0) is 55.5 Å². The third-order valence-corrected chi connectivity index (χ3v) is 8.88. The second-order valence-corrected chi connectivity index (χ2v) is 13.3. The zero-order valence-electron chi connectivity index (χ0n) is 27.4. The third kappa shape index (κ3) is 8.44. The van der Waals surface area contributed by atoms with Crippen molar-refractivity contribution in [3.05, 3.63) is 35.9 Å². The van der Waals surface area contributed by atoms with Gasteiger partial charge in [-0.3, -0.25) is 34.2 Å². The van der Waals surface area contributed by atoms with Crippen molar-refractivity contribution in [1.29, 1.82) is 0 Å². The van der Waals surface area contributed by atoms with Crippen LogP contribution in [0.15, 0.2) is 30.3 Å². The number of imide groups is 1. The summed E-state index contributed by atoms with van der Waals surface area (Å²) >= 11 is 0. The predicted molar refractivity (Wildman–Crippen MR) is 169 cm³/mol. The molecule has 44 heavy (non-hydrogen) atoms. The first-order valence-corrected chi connectivity index (χ1v) is 16.0. The van der Waals surface area contributed by atoms with E-state index in [4.69, 9.17) is 5.73 Å². The molecule has 0 saturated carbocycles. The first-order chi connectivity index (χ1) is 20.7. The Hall–Kier alpha value is -3.31. The molecule has 4 N–H and O–H groups in total. The third-order valence-electron chi connectivity index (χ3n) is 8.88. The molecule has 5 atom stereocenters. The molecule has 0 unspecified atom stereocenters. The van der Waals surface area contributed by atoms with Gasteiger partial charge in [-0.2, -0.15) is 0 Å². The van der Waals surface area contributed by atoms with Crippen LogP contribution in [0.2, 0.25) is 0 Å². The van der Waals surface area contributed by atoms with Gasteiger partial charge in [0.2, 0.25) is 29.5 Å². The highest BCUT2D eigenvalue weighted by molar-refractivity contribution is 6.02. The number of hydrogen-bond donors (Lipinski definition) is 3. The molecule has 1 aromatic carbocycles. The van der Waals surface area contributed by atoms with Crippen molar-refractivity contribution in [2.75, 3.05) is 20.1 Å². The van der Waals surface area contributed by atoms with Gasteiger partial charge in [0, 0.05) is 20.1 Å². The Kier molecular flexibility index (Phi) is 12.5. The molecule has 5 amide bonds. The zero-order valence-corrected chi connectivity index (χ0v) is 27.4. The molecule has 11 nitrogen and oxygen atoms in total. The van der Waals surface area contributed by atoms with Gasteiger partial charge >= 0.3 is 0 Å². The number of likely N-dealkylation sites (N-methyl/N-ethyl adjacent to an activating group) is 1. The molecule has 0 bridgehead atoms. The average molecular weight is 613 g/mol. The molecule has 0 spiro atoms. The molecule has 2 heterocycles. The van der Waals surface area contributed by atoms with Gasteiger partial charge in [0.1, 0.15) is 18.1 Å². The van der Waals surface area contributed by atoms with Gasteiger partial charge in [0.05, 0.1) is 12.1 Å². The topological polar surface area (TPSA) is 145 Å². The number of rotatable bonds is 12. The summed E-state index contributed by atoms with van der Waals surface area (Å²) in [5, 5.41) is 5.39. The van der Waals surface area contributed by atoms with Gasteiger partial charge in [0.15, 0.2) is 0 Å². The number of benzene rings is 1. The van der Waals surface area contributed by atoms with Crippen molar-refractivity contribution < 1.29 is 24.0 Å². The molecule has 11 heteroatoms. The van der Waals surface area contributed by atoms with Crippen LogP contribution >= 0.6 is 0 Å². The smallest absolute Gasteiger partial charge is 0.249 e. The standard InChI is InChI=1S/C33H52N6O5/c1-20(2)26(34)31(42)35-27(21(3)4)32(43)37(7)28(22(5)6)33(44)39-18-12-16-25(39)30(41)36-29(40)24-15-11-17-38(24)19-23-13-9-8-10-14-23/h8-10,13-14,20-22,24-28H,11-12,15-19,34H2,1-7H3,(H,35,42)(H,36,40,41)/t24-,25-,26-,27-,28-/m0/s1. The molecule has 3 rings (SSSR count). The van der Waals surface area contributed by atoms with Gasteiger partial charge < -0.3 is 20.9 Å². The van der Waals surface area contributed by atoms with Crippen LogP contribution in [0.4, 0.5) is 0 Å². The van der Waals surface area contributed by atoms with E-state index in [1.807, 2.05) is 71.9 Å². The summed E-state index contributed by atoms with van der Waals surface area (Å²) in [6, 6.07) is 6.21. The van der Waals surface area contributed by atoms with E-state index in [2.05, 4.69) is 15.5 Å². The molecule has 2 aliphatic heterocycles. The van der Waals surface area contributed by atoms with Crippen molar-refractivity contribution in [2.24, 2.45) is 23.5 Å². The lowest BCUT2D eigenvalue weighted by atomic mass is 9.96. The minimum atomic E-state index is -0.869. The summed E-state index contributed by atoms with van der Waals surface area (Å²) in [7, 11) is 1.56. The van der Waals surface area contributed by atoms with E-state index in [0.29, 0.717) is 32.4 Å². The summed E-state index contributed by atoms with van der Waals surface area (Å²) in [6.07, 6.45) is 2.58. The van der Waals surface area contributed by atoms with Crippen LogP contribution in [0.1, 0.15) is 72.8 Å². The molecule has 0 radical (unpaired) electrons. The maximum Gasteiger partial charge on any atom is 0.249 e. The molecule has 0 aromatic heterocycles. The van der Waals surface area contributed by atoms with Crippen molar-refractivity contribution >= 4 is 29.5 Å². The number of amides is 5. The summed E-state index contributed by atoms with van der Waals surface area (Å²) < 4.78 is 0. The number of likely N-dealkylation sites (tertiary alicyclic amines) is 2. The average Bonchev–Trinajstić information content (AvgIpc) is 3.65. The van der Waals surface area contributed by atoms with E-state index in [9.17, 15) is 24.0 Å². The normalized spacial score (nSPS) is 20.9. The second-order valence-electron chi connectivity index (χ2n) is 13.3.